The Morgan fingerprint density at radius 2 is 1.16 bits per heavy atom. The van der Waals surface area contributed by atoms with Crippen LogP contribution < -0.4 is 21.4 Å². The van der Waals surface area contributed by atoms with Gasteiger partial charge in [0.1, 0.15) is 0 Å². The van der Waals surface area contributed by atoms with E-state index in [0.717, 1.165) is 88.7 Å². The first-order valence-electron chi connectivity index (χ1n) is 15.2. The molecular formula is C35H42N4O6. The summed E-state index contributed by atoms with van der Waals surface area (Å²) in [6.45, 7) is 11.7. The van der Waals surface area contributed by atoms with Crippen molar-refractivity contribution in [3.05, 3.63) is 88.7 Å². The molecule has 7 N–H and O–H groups in total. The molecule has 0 aromatic carbocycles. The van der Waals surface area contributed by atoms with Gasteiger partial charge in [0.15, 0.2) is 0 Å². The molecule has 1 aliphatic rings. The Morgan fingerprint density at radius 3 is 1.78 bits per heavy atom. The normalized spacial score (nSPS) is 13.8. The first-order chi connectivity index (χ1) is 21.3. The van der Waals surface area contributed by atoms with Crippen LogP contribution in [-0.2, 0) is 27.2 Å². The number of nitrogens with one attached hydrogen (secondary N) is 4. The number of carboxylic acids is 2. The number of fused-ring (bicyclic) bond motifs is 8. The topological polar surface area (TPSA) is 167 Å². The molecule has 0 amide bonds. The Morgan fingerprint density at radius 1 is 0.644 bits per heavy atom. The minimum Gasteiger partial charge on any atom is -0.481 e. The van der Waals surface area contributed by atoms with Gasteiger partial charge in [0.25, 0.3) is 0 Å². The van der Waals surface area contributed by atoms with E-state index >= 15 is 0 Å². The lowest BCUT2D eigenvalue weighted by molar-refractivity contribution is -0.138. The van der Waals surface area contributed by atoms with Gasteiger partial charge >= 0.3 is 11.9 Å². The number of hydrogen-bond donors (Lipinski definition) is 7. The quantitative estimate of drug-likeness (QED) is 0.135. The standard InChI is InChI=1S/C35H42N4O6/c1-16-22(8-10-32(41)42)28-15-29-23(9-11-33(43)44)17(2)25(37-29)13-31-35(21(6)45-7)19(4)27(39-31)14-30-34(20(5)40)18(3)26(38-30)12-24(16)36-28/h12-15,20-21,36-40H,8-11H2,1-7H3,(H,41,42)(H,43,44). The Bertz CT molecular complexity index is 2050. The molecule has 0 spiro atoms. The van der Waals surface area contributed by atoms with Crippen LogP contribution >= 0.6 is 0 Å². The highest BCUT2D eigenvalue weighted by atomic mass is 16.5. The molecule has 10 nitrogen and oxygen atoms in total. The molecule has 0 fully saturated rings. The number of carbonyl (C=O) groups is 2. The fraction of sp³-hybridized carbons (Fsp3) is 0.371. The van der Waals surface area contributed by atoms with Crippen molar-refractivity contribution in [3.8, 4) is 0 Å². The third kappa shape index (κ3) is 6.08. The fourth-order valence-electron chi connectivity index (χ4n) is 6.58. The summed E-state index contributed by atoms with van der Waals surface area (Å²) in [6.07, 6.45) is 7.66. The van der Waals surface area contributed by atoms with Crippen molar-refractivity contribution < 1.29 is 29.6 Å². The van der Waals surface area contributed by atoms with Gasteiger partial charge in [0.2, 0.25) is 0 Å². The zero-order valence-electron chi connectivity index (χ0n) is 26.9. The summed E-state index contributed by atoms with van der Waals surface area (Å²) < 4.78 is 5.78. The predicted octanol–water partition coefficient (Wildman–Crippen LogP) is 2.66. The van der Waals surface area contributed by atoms with E-state index in [1.54, 1.807) is 14.0 Å². The predicted molar refractivity (Wildman–Crippen MR) is 173 cm³/mol. The van der Waals surface area contributed by atoms with Crippen molar-refractivity contribution in [2.75, 3.05) is 7.11 Å². The molecule has 10 heteroatoms. The smallest absolute Gasteiger partial charge is 0.303 e. The molecule has 238 valence electrons. The van der Waals surface area contributed by atoms with Gasteiger partial charge in [-0.05, 0) is 112 Å². The number of carboxylic acid groups (broad SMARTS) is 2. The van der Waals surface area contributed by atoms with Crippen molar-refractivity contribution in [3.63, 3.8) is 0 Å². The maximum Gasteiger partial charge on any atom is 0.303 e. The molecule has 45 heavy (non-hydrogen) atoms. The van der Waals surface area contributed by atoms with Gasteiger partial charge in [-0.25, -0.2) is 0 Å². The molecule has 0 saturated heterocycles. The zero-order chi connectivity index (χ0) is 32.7. The Balaban J connectivity index is 1.94. The van der Waals surface area contributed by atoms with Gasteiger partial charge in [-0.1, -0.05) is 0 Å². The number of aromatic amines is 4. The van der Waals surface area contributed by atoms with Gasteiger partial charge in [-0.3, -0.25) is 9.59 Å². The van der Waals surface area contributed by atoms with Gasteiger partial charge in [0, 0.05) is 75.3 Å². The molecular weight excluding hydrogens is 572 g/mol. The first-order valence-corrected chi connectivity index (χ1v) is 15.2. The number of hydrogen-bond acceptors (Lipinski definition) is 4. The van der Waals surface area contributed by atoms with Crippen LogP contribution in [0.4, 0.5) is 0 Å². The van der Waals surface area contributed by atoms with Crippen LogP contribution in [0.1, 0.15) is 106 Å². The van der Waals surface area contributed by atoms with Gasteiger partial charge < -0.3 is 40.0 Å². The number of rotatable bonds is 9. The first kappa shape index (κ1) is 31.9. The number of methoxy groups -OCH3 is 1. The van der Waals surface area contributed by atoms with Gasteiger partial charge in [-0.2, -0.15) is 0 Å². The Hall–Kier alpha value is -4.54. The fourth-order valence-corrected chi connectivity index (χ4v) is 6.58. The minimum atomic E-state index is -0.885. The Labute approximate surface area is 260 Å². The summed E-state index contributed by atoms with van der Waals surface area (Å²) in [5.41, 5.74) is 10.6. The van der Waals surface area contributed by atoms with E-state index < -0.39 is 18.0 Å². The van der Waals surface area contributed by atoms with Crippen LogP contribution in [0, 0.1) is 27.7 Å². The molecule has 2 unspecified atom stereocenters. The highest BCUT2D eigenvalue weighted by Gasteiger charge is 2.21. The SMILES string of the molecule is COC(C)c1c2[nH]c(c1C)C=c1[nH]c(c(C)c1C(C)O)=Cc1[nH]c(c(CCC(=O)O)c1C)C=c1[nH]c(c(C)c1CCC(=O)O)=C2. The number of ether oxygens (including phenoxy) is 1. The average Bonchev–Trinajstić information content (AvgIpc) is 3.63. The summed E-state index contributed by atoms with van der Waals surface area (Å²) in [5.74, 6) is -1.77. The zero-order valence-corrected chi connectivity index (χ0v) is 26.9. The van der Waals surface area contributed by atoms with E-state index in [4.69, 9.17) is 4.74 Å². The number of H-pyrrole nitrogens is 4. The largest absolute Gasteiger partial charge is 0.481 e. The lowest BCUT2D eigenvalue weighted by Crippen LogP contribution is -2.14. The molecule has 4 aromatic heterocycles. The van der Waals surface area contributed by atoms with Crippen molar-refractivity contribution >= 4 is 36.2 Å². The van der Waals surface area contributed by atoms with E-state index in [1.807, 2.05) is 58.9 Å². The molecule has 4 aromatic rings. The third-order valence-corrected chi connectivity index (χ3v) is 9.15. The summed E-state index contributed by atoms with van der Waals surface area (Å²) in [7, 11) is 1.67. The molecule has 8 bridgehead atoms. The molecule has 5 heterocycles. The third-order valence-electron chi connectivity index (χ3n) is 9.15. The summed E-state index contributed by atoms with van der Waals surface area (Å²) in [5, 5.41) is 33.1. The van der Waals surface area contributed by atoms with Crippen LogP contribution in [0.25, 0.3) is 24.3 Å². The van der Waals surface area contributed by atoms with Gasteiger partial charge in [0.05, 0.1) is 12.2 Å². The highest BCUT2D eigenvalue weighted by Crippen LogP contribution is 2.29. The number of aromatic nitrogens is 4. The van der Waals surface area contributed by atoms with Crippen LogP contribution in [0.2, 0.25) is 0 Å². The molecule has 2 atom stereocenters. The number of aliphatic hydroxyl groups is 1. The van der Waals surface area contributed by atoms with Crippen molar-refractivity contribution in [2.45, 2.75) is 79.4 Å². The minimum absolute atomic E-state index is 0.0276. The number of aliphatic carboxylic acids is 2. The lowest BCUT2D eigenvalue weighted by Gasteiger charge is -2.11. The van der Waals surface area contributed by atoms with Crippen molar-refractivity contribution in [1.82, 2.24) is 19.9 Å². The summed E-state index contributed by atoms with van der Waals surface area (Å²) in [4.78, 5) is 37.4. The average molecular weight is 615 g/mol. The molecule has 1 aliphatic heterocycles. The van der Waals surface area contributed by atoms with E-state index in [9.17, 15) is 24.9 Å². The maximum atomic E-state index is 11.6. The summed E-state index contributed by atoms with van der Waals surface area (Å²) in [6, 6.07) is 0. The monoisotopic (exact) mass is 614 g/mol. The van der Waals surface area contributed by atoms with Crippen LogP contribution in [0.5, 0.6) is 0 Å². The lowest BCUT2D eigenvalue weighted by atomic mass is 10.0. The second-order valence-corrected chi connectivity index (χ2v) is 12.0. The second kappa shape index (κ2) is 12.5. The van der Waals surface area contributed by atoms with E-state index in [2.05, 4.69) is 19.9 Å². The van der Waals surface area contributed by atoms with Crippen LogP contribution in [-0.4, -0.2) is 54.3 Å². The molecule has 0 radical (unpaired) electrons. The number of aliphatic hydroxyl groups excluding tert-OH is 1. The van der Waals surface area contributed by atoms with E-state index in [0.29, 0.717) is 12.8 Å². The van der Waals surface area contributed by atoms with Crippen molar-refractivity contribution in [1.29, 1.82) is 0 Å². The molecule has 0 saturated carbocycles. The summed E-state index contributed by atoms with van der Waals surface area (Å²) >= 11 is 0. The molecule has 5 rings (SSSR count). The molecule has 0 aliphatic carbocycles. The highest BCUT2D eigenvalue weighted by molar-refractivity contribution is 5.70. The maximum absolute atomic E-state index is 11.6. The Kier molecular flexibility index (Phi) is 8.82. The van der Waals surface area contributed by atoms with Gasteiger partial charge in [-0.15, -0.1) is 0 Å². The van der Waals surface area contributed by atoms with E-state index in [1.165, 1.54) is 0 Å². The second-order valence-electron chi connectivity index (χ2n) is 12.0. The van der Waals surface area contributed by atoms with Crippen LogP contribution in [0.15, 0.2) is 0 Å². The van der Waals surface area contributed by atoms with Crippen LogP contribution in [0.3, 0.4) is 0 Å². The van der Waals surface area contributed by atoms with E-state index in [-0.39, 0.29) is 18.9 Å². The van der Waals surface area contributed by atoms with Crippen molar-refractivity contribution in [2.24, 2.45) is 0 Å².